The van der Waals surface area contributed by atoms with Gasteiger partial charge in [0.15, 0.2) is 0 Å². The van der Waals surface area contributed by atoms with Gasteiger partial charge in [0.2, 0.25) is 15.9 Å². The van der Waals surface area contributed by atoms with Crippen molar-refractivity contribution >= 4 is 16.0 Å². The summed E-state index contributed by atoms with van der Waals surface area (Å²) < 4.78 is 43.1. The van der Waals surface area contributed by atoms with E-state index in [1.54, 1.807) is 32.2 Å². The molecular formula is C21H22N2O6S. The number of aryl methyl sites for hydroxylation is 1. The lowest BCUT2D eigenvalue weighted by Crippen LogP contribution is -2.27. The van der Waals surface area contributed by atoms with E-state index in [-0.39, 0.29) is 17.0 Å². The van der Waals surface area contributed by atoms with Crippen molar-refractivity contribution < 1.29 is 27.1 Å². The Morgan fingerprint density at radius 3 is 2.53 bits per heavy atom. The number of oxazole rings is 1. The van der Waals surface area contributed by atoms with Crippen LogP contribution in [0.4, 0.5) is 0 Å². The summed E-state index contributed by atoms with van der Waals surface area (Å²) in [6.07, 6.45) is 1.84. The zero-order valence-corrected chi connectivity index (χ0v) is 17.7. The molecule has 0 aliphatic carbocycles. The summed E-state index contributed by atoms with van der Waals surface area (Å²) in [7, 11) is -0.976. The third kappa shape index (κ3) is 4.87. The molecule has 1 aromatic heterocycles. The van der Waals surface area contributed by atoms with Crippen molar-refractivity contribution in [3.8, 4) is 17.2 Å². The van der Waals surface area contributed by atoms with Crippen LogP contribution in [0.5, 0.6) is 5.75 Å². The van der Waals surface area contributed by atoms with Crippen LogP contribution >= 0.6 is 0 Å². The molecule has 158 valence electrons. The average Bonchev–Trinajstić information content (AvgIpc) is 3.22. The zero-order valence-electron chi connectivity index (χ0n) is 16.8. The molecule has 0 spiro atoms. The van der Waals surface area contributed by atoms with E-state index in [1.165, 1.54) is 25.5 Å². The number of ether oxygens (including phenoxy) is 2. The van der Waals surface area contributed by atoms with Crippen molar-refractivity contribution in [2.75, 3.05) is 20.8 Å². The molecule has 0 amide bonds. The molecule has 0 bridgehead atoms. The number of aromatic nitrogens is 1. The molecule has 0 unspecified atom stereocenters. The fourth-order valence-electron chi connectivity index (χ4n) is 2.81. The molecule has 0 atom stereocenters. The smallest absolute Gasteiger partial charge is 0.337 e. The van der Waals surface area contributed by atoms with Crippen LogP contribution in [-0.4, -0.2) is 40.1 Å². The van der Waals surface area contributed by atoms with E-state index in [0.717, 1.165) is 11.3 Å². The van der Waals surface area contributed by atoms with E-state index >= 15 is 0 Å². The molecule has 9 heteroatoms. The highest BCUT2D eigenvalue weighted by atomic mass is 32.2. The fraction of sp³-hybridized carbons (Fsp3) is 0.238. The monoisotopic (exact) mass is 430 g/mol. The van der Waals surface area contributed by atoms with Crippen LogP contribution in [0.3, 0.4) is 0 Å². The molecule has 0 aliphatic heterocycles. The van der Waals surface area contributed by atoms with E-state index in [1.807, 2.05) is 12.1 Å². The number of nitrogens with zero attached hydrogens (tertiary/aromatic N) is 1. The first kappa shape index (κ1) is 21.5. The predicted molar refractivity (Wildman–Crippen MR) is 110 cm³/mol. The van der Waals surface area contributed by atoms with Gasteiger partial charge in [0.05, 0.1) is 30.4 Å². The van der Waals surface area contributed by atoms with Crippen LogP contribution in [0.2, 0.25) is 0 Å². The van der Waals surface area contributed by atoms with Gasteiger partial charge in [0.25, 0.3) is 0 Å². The van der Waals surface area contributed by atoms with Gasteiger partial charge in [-0.05, 0) is 48.9 Å². The van der Waals surface area contributed by atoms with Crippen molar-refractivity contribution in [1.29, 1.82) is 0 Å². The van der Waals surface area contributed by atoms with Gasteiger partial charge >= 0.3 is 5.97 Å². The number of rotatable bonds is 8. The first-order valence-electron chi connectivity index (χ1n) is 9.11. The molecule has 0 aliphatic rings. The van der Waals surface area contributed by atoms with Crippen molar-refractivity contribution in [3.63, 3.8) is 0 Å². The van der Waals surface area contributed by atoms with Crippen LogP contribution in [0, 0.1) is 6.92 Å². The van der Waals surface area contributed by atoms with Crippen LogP contribution in [0.25, 0.3) is 11.5 Å². The Bertz CT molecular complexity index is 1140. The standard InChI is InChI=1S/C21H22N2O6S/c1-14-4-5-16(21(24)28-3)12-19(14)30(25,26)22-11-10-17-13-29-20(23-17)15-6-8-18(27-2)9-7-15/h4-9,12-13,22H,10-11H2,1-3H3. The first-order chi connectivity index (χ1) is 14.3. The molecule has 0 saturated heterocycles. The van der Waals surface area contributed by atoms with Gasteiger partial charge in [-0.1, -0.05) is 6.07 Å². The molecule has 0 radical (unpaired) electrons. The third-order valence-electron chi connectivity index (χ3n) is 4.46. The number of methoxy groups -OCH3 is 2. The summed E-state index contributed by atoms with van der Waals surface area (Å²) in [6.45, 7) is 1.78. The van der Waals surface area contributed by atoms with Gasteiger partial charge < -0.3 is 13.9 Å². The largest absolute Gasteiger partial charge is 0.497 e. The second-order valence-corrected chi connectivity index (χ2v) is 8.23. The van der Waals surface area contributed by atoms with Crippen LogP contribution in [-0.2, 0) is 21.2 Å². The Labute approximate surface area is 174 Å². The highest BCUT2D eigenvalue weighted by Crippen LogP contribution is 2.22. The van der Waals surface area contributed by atoms with Crippen molar-refractivity contribution in [2.24, 2.45) is 0 Å². The normalized spacial score (nSPS) is 11.3. The third-order valence-corrected chi connectivity index (χ3v) is 6.06. The molecule has 0 saturated carbocycles. The lowest BCUT2D eigenvalue weighted by Gasteiger charge is -2.10. The second-order valence-electron chi connectivity index (χ2n) is 6.49. The molecular weight excluding hydrogens is 408 g/mol. The zero-order chi connectivity index (χ0) is 21.7. The molecule has 30 heavy (non-hydrogen) atoms. The second kappa shape index (κ2) is 9.10. The van der Waals surface area contributed by atoms with Gasteiger partial charge in [-0.15, -0.1) is 0 Å². The highest BCUT2D eigenvalue weighted by Gasteiger charge is 2.19. The van der Waals surface area contributed by atoms with E-state index < -0.39 is 16.0 Å². The molecule has 3 aromatic rings. The van der Waals surface area contributed by atoms with Crippen molar-refractivity contribution in [1.82, 2.24) is 9.71 Å². The minimum atomic E-state index is -3.81. The quantitative estimate of drug-likeness (QED) is 0.547. The average molecular weight is 430 g/mol. The first-order valence-corrected chi connectivity index (χ1v) is 10.6. The molecule has 1 heterocycles. The van der Waals surface area contributed by atoms with Crippen LogP contribution in [0.1, 0.15) is 21.6 Å². The summed E-state index contributed by atoms with van der Waals surface area (Å²) in [4.78, 5) is 16.1. The van der Waals surface area contributed by atoms with Gasteiger partial charge in [-0.3, -0.25) is 0 Å². The Balaban J connectivity index is 1.66. The number of carbonyl (C=O) groups is 1. The molecule has 2 aromatic carbocycles. The van der Waals surface area contributed by atoms with Gasteiger partial charge in [-0.25, -0.2) is 22.9 Å². The minimum Gasteiger partial charge on any atom is -0.497 e. The summed E-state index contributed by atoms with van der Waals surface area (Å²) in [5.41, 5.74) is 2.10. The number of sulfonamides is 1. The van der Waals surface area contributed by atoms with Crippen LogP contribution in [0.15, 0.2) is 58.0 Å². The number of nitrogens with one attached hydrogen (secondary N) is 1. The minimum absolute atomic E-state index is 0.0319. The summed E-state index contributed by atoms with van der Waals surface area (Å²) >= 11 is 0. The maximum atomic E-state index is 12.7. The van der Waals surface area contributed by atoms with Crippen molar-refractivity contribution in [2.45, 2.75) is 18.2 Å². The number of carbonyl (C=O) groups excluding carboxylic acids is 1. The number of benzene rings is 2. The Morgan fingerprint density at radius 1 is 1.13 bits per heavy atom. The Kier molecular flexibility index (Phi) is 6.53. The summed E-state index contributed by atoms with van der Waals surface area (Å²) in [5, 5.41) is 0. The SMILES string of the molecule is COC(=O)c1ccc(C)c(S(=O)(=O)NCCc2coc(-c3ccc(OC)cc3)n2)c1. The highest BCUT2D eigenvalue weighted by molar-refractivity contribution is 7.89. The Morgan fingerprint density at radius 2 is 1.87 bits per heavy atom. The van der Waals surface area contributed by atoms with E-state index in [9.17, 15) is 13.2 Å². The lowest BCUT2D eigenvalue weighted by molar-refractivity contribution is 0.0600. The summed E-state index contributed by atoms with van der Waals surface area (Å²) in [6, 6.07) is 11.7. The molecule has 3 rings (SSSR count). The van der Waals surface area contributed by atoms with Gasteiger partial charge in [0.1, 0.15) is 12.0 Å². The lowest BCUT2D eigenvalue weighted by atomic mass is 10.1. The fourth-order valence-corrected chi connectivity index (χ4v) is 4.11. The van der Waals surface area contributed by atoms with Crippen LogP contribution < -0.4 is 9.46 Å². The van der Waals surface area contributed by atoms with Gasteiger partial charge in [-0.2, -0.15) is 0 Å². The predicted octanol–water partition coefficient (Wildman–Crippen LogP) is 2.97. The maximum absolute atomic E-state index is 12.7. The summed E-state index contributed by atoms with van der Waals surface area (Å²) in [5.74, 6) is 0.573. The molecule has 8 nitrogen and oxygen atoms in total. The van der Waals surface area contributed by atoms with E-state index in [0.29, 0.717) is 23.6 Å². The maximum Gasteiger partial charge on any atom is 0.337 e. The molecule has 0 fully saturated rings. The molecule has 1 N–H and O–H groups in total. The van der Waals surface area contributed by atoms with E-state index in [2.05, 4.69) is 14.4 Å². The topological polar surface area (TPSA) is 108 Å². The van der Waals surface area contributed by atoms with Gasteiger partial charge in [0, 0.05) is 18.5 Å². The van der Waals surface area contributed by atoms with E-state index in [4.69, 9.17) is 9.15 Å². The number of esters is 1. The van der Waals surface area contributed by atoms with Crippen molar-refractivity contribution in [3.05, 3.63) is 65.5 Å². The number of hydrogen-bond acceptors (Lipinski definition) is 7. The number of hydrogen-bond donors (Lipinski definition) is 1. The Hall–Kier alpha value is -3.17.